The predicted molar refractivity (Wildman–Crippen MR) is 64.0 cm³/mol. The highest BCUT2D eigenvalue weighted by Crippen LogP contribution is 2.21. The van der Waals surface area contributed by atoms with Crippen LogP contribution < -0.4 is 5.73 Å². The topological polar surface area (TPSA) is 38.9 Å². The lowest BCUT2D eigenvalue weighted by Crippen LogP contribution is -2.14. The zero-order chi connectivity index (χ0) is 11.4. The largest absolute Gasteiger partial charge is 0.330 e. The molecule has 2 rings (SSSR count). The molecule has 1 heterocycles. The Morgan fingerprint density at radius 1 is 1.31 bits per heavy atom. The minimum atomic E-state index is -0.214. The van der Waals surface area contributed by atoms with E-state index in [0.717, 1.165) is 17.0 Å². The lowest BCUT2D eigenvalue weighted by atomic mass is 9.96. The molecule has 2 aromatic rings. The van der Waals surface area contributed by atoms with E-state index in [1.807, 2.05) is 5.38 Å². The number of rotatable bonds is 4. The van der Waals surface area contributed by atoms with Crippen LogP contribution >= 0.6 is 11.3 Å². The Labute approximate surface area is 97.9 Å². The van der Waals surface area contributed by atoms with Gasteiger partial charge in [0, 0.05) is 23.9 Å². The van der Waals surface area contributed by atoms with E-state index in [-0.39, 0.29) is 11.7 Å². The predicted octanol–water partition coefficient (Wildman–Crippen LogP) is 2.57. The Kier molecular flexibility index (Phi) is 3.64. The zero-order valence-corrected chi connectivity index (χ0v) is 9.58. The van der Waals surface area contributed by atoms with Crippen molar-refractivity contribution in [1.29, 1.82) is 0 Å². The summed E-state index contributed by atoms with van der Waals surface area (Å²) >= 11 is 1.62. The molecule has 0 aliphatic rings. The quantitative estimate of drug-likeness (QED) is 0.886. The van der Waals surface area contributed by atoms with E-state index in [4.69, 9.17) is 5.73 Å². The number of hydrogen-bond acceptors (Lipinski definition) is 3. The molecule has 0 bridgehead atoms. The number of halogens is 1. The number of nitrogens with zero attached hydrogens (tertiary/aromatic N) is 1. The first-order chi connectivity index (χ1) is 7.79. The summed E-state index contributed by atoms with van der Waals surface area (Å²) < 4.78 is 12.8. The molecule has 4 heteroatoms. The van der Waals surface area contributed by atoms with Gasteiger partial charge in [-0.25, -0.2) is 9.37 Å². The van der Waals surface area contributed by atoms with Gasteiger partial charge in [-0.15, -0.1) is 11.3 Å². The molecule has 0 spiro atoms. The Hall–Kier alpha value is -1.26. The third-order valence-electron chi connectivity index (χ3n) is 2.53. The summed E-state index contributed by atoms with van der Waals surface area (Å²) in [4.78, 5) is 4.24. The van der Waals surface area contributed by atoms with Gasteiger partial charge in [-0.05, 0) is 24.2 Å². The lowest BCUT2D eigenvalue weighted by Gasteiger charge is -2.13. The zero-order valence-electron chi connectivity index (χ0n) is 8.77. The van der Waals surface area contributed by atoms with Gasteiger partial charge in [-0.3, -0.25) is 0 Å². The normalized spacial score (nSPS) is 12.6. The van der Waals surface area contributed by atoms with Crippen LogP contribution in [0.25, 0.3) is 0 Å². The molecule has 1 aromatic heterocycles. The molecule has 1 aromatic carbocycles. The maximum absolute atomic E-state index is 12.8. The van der Waals surface area contributed by atoms with Crippen LogP contribution in [0.2, 0.25) is 0 Å². The third-order valence-corrected chi connectivity index (χ3v) is 3.33. The van der Waals surface area contributed by atoms with Crippen molar-refractivity contribution >= 4 is 11.3 Å². The average Bonchev–Trinajstić information content (AvgIpc) is 2.80. The van der Waals surface area contributed by atoms with Crippen LogP contribution in [0.1, 0.15) is 16.5 Å². The van der Waals surface area contributed by atoms with Crippen LogP contribution in [-0.2, 0) is 6.42 Å². The fourth-order valence-corrected chi connectivity index (χ4v) is 2.33. The SMILES string of the molecule is NCC(Cc1nccs1)c1ccc(F)cc1. The van der Waals surface area contributed by atoms with Gasteiger partial charge in [0.05, 0.1) is 5.01 Å². The summed E-state index contributed by atoms with van der Waals surface area (Å²) in [5.74, 6) is 0.000482. The van der Waals surface area contributed by atoms with Crippen molar-refractivity contribution in [2.75, 3.05) is 6.54 Å². The molecule has 0 saturated heterocycles. The molecule has 16 heavy (non-hydrogen) atoms. The molecule has 2 nitrogen and oxygen atoms in total. The molecule has 0 amide bonds. The maximum Gasteiger partial charge on any atom is 0.123 e. The van der Waals surface area contributed by atoms with Gasteiger partial charge in [-0.2, -0.15) is 0 Å². The molecular weight excluding hydrogens is 223 g/mol. The fraction of sp³-hybridized carbons (Fsp3) is 0.250. The van der Waals surface area contributed by atoms with Crippen LogP contribution in [0, 0.1) is 5.82 Å². The average molecular weight is 236 g/mol. The Balaban J connectivity index is 2.13. The second-order valence-electron chi connectivity index (χ2n) is 3.61. The first-order valence-electron chi connectivity index (χ1n) is 5.13. The molecule has 0 aliphatic heterocycles. The minimum Gasteiger partial charge on any atom is -0.330 e. The highest BCUT2D eigenvalue weighted by molar-refractivity contribution is 7.09. The van der Waals surface area contributed by atoms with Gasteiger partial charge in [0.2, 0.25) is 0 Å². The van der Waals surface area contributed by atoms with Gasteiger partial charge in [-0.1, -0.05) is 12.1 Å². The summed E-state index contributed by atoms with van der Waals surface area (Å²) in [6, 6.07) is 6.53. The molecule has 1 unspecified atom stereocenters. The van der Waals surface area contributed by atoms with E-state index >= 15 is 0 Å². The first-order valence-corrected chi connectivity index (χ1v) is 6.01. The Morgan fingerprint density at radius 2 is 2.06 bits per heavy atom. The van der Waals surface area contributed by atoms with E-state index < -0.39 is 0 Å². The number of nitrogens with two attached hydrogens (primary N) is 1. The van der Waals surface area contributed by atoms with Gasteiger partial charge >= 0.3 is 0 Å². The van der Waals surface area contributed by atoms with Crippen molar-refractivity contribution in [2.45, 2.75) is 12.3 Å². The Morgan fingerprint density at radius 3 is 2.62 bits per heavy atom. The van der Waals surface area contributed by atoms with Gasteiger partial charge < -0.3 is 5.73 Å². The molecule has 0 fully saturated rings. The van der Waals surface area contributed by atoms with Crippen molar-refractivity contribution in [3.05, 3.63) is 52.2 Å². The fourth-order valence-electron chi connectivity index (χ4n) is 1.64. The Bertz CT molecular complexity index is 425. The second-order valence-corrected chi connectivity index (χ2v) is 4.59. The lowest BCUT2D eigenvalue weighted by molar-refractivity contribution is 0.623. The molecule has 0 radical (unpaired) electrons. The smallest absolute Gasteiger partial charge is 0.123 e. The van der Waals surface area contributed by atoms with Crippen molar-refractivity contribution < 1.29 is 4.39 Å². The molecular formula is C12H13FN2S. The summed E-state index contributed by atoms with van der Waals surface area (Å²) in [7, 11) is 0. The highest BCUT2D eigenvalue weighted by Gasteiger charge is 2.12. The second kappa shape index (κ2) is 5.18. The van der Waals surface area contributed by atoms with Gasteiger partial charge in [0.15, 0.2) is 0 Å². The van der Waals surface area contributed by atoms with Crippen LogP contribution in [0.5, 0.6) is 0 Å². The van der Waals surface area contributed by atoms with E-state index in [1.54, 1.807) is 29.7 Å². The molecule has 84 valence electrons. The molecule has 0 saturated carbocycles. The van der Waals surface area contributed by atoms with Crippen molar-refractivity contribution in [2.24, 2.45) is 5.73 Å². The first kappa shape index (κ1) is 11.2. The number of thiazole rings is 1. The van der Waals surface area contributed by atoms with Crippen molar-refractivity contribution in [1.82, 2.24) is 4.98 Å². The van der Waals surface area contributed by atoms with Crippen LogP contribution in [0.3, 0.4) is 0 Å². The van der Waals surface area contributed by atoms with Crippen molar-refractivity contribution in [3.8, 4) is 0 Å². The molecule has 2 N–H and O–H groups in total. The van der Waals surface area contributed by atoms with Crippen molar-refractivity contribution in [3.63, 3.8) is 0 Å². The molecule has 1 atom stereocenters. The third kappa shape index (κ3) is 2.65. The highest BCUT2D eigenvalue weighted by atomic mass is 32.1. The summed E-state index contributed by atoms with van der Waals surface area (Å²) in [6.07, 6.45) is 2.61. The molecule has 0 aliphatic carbocycles. The minimum absolute atomic E-state index is 0.214. The van der Waals surface area contributed by atoms with Crippen LogP contribution in [0.15, 0.2) is 35.8 Å². The van der Waals surface area contributed by atoms with E-state index in [9.17, 15) is 4.39 Å². The monoisotopic (exact) mass is 236 g/mol. The van der Waals surface area contributed by atoms with E-state index in [0.29, 0.717) is 6.54 Å². The number of aromatic nitrogens is 1. The number of benzene rings is 1. The summed E-state index contributed by atoms with van der Waals surface area (Å²) in [6.45, 7) is 0.547. The summed E-state index contributed by atoms with van der Waals surface area (Å²) in [5, 5.41) is 3.02. The van der Waals surface area contributed by atoms with Crippen LogP contribution in [-0.4, -0.2) is 11.5 Å². The summed E-state index contributed by atoms with van der Waals surface area (Å²) in [5.41, 5.74) is 6.81. The number of hydrogen-bond donors (Lipinski definition) is 1. The van der Waals surface area contributed by atoms with Crippen LogP contribution in [0.4, 0.5) is 4.39 Å². The van der Waals surface area contributed by atoms with Gasteiger partial charge in [0.25, 0.3) is 0 Å². The van der Waals surface area contributed by atoms with E-state index in [1.165, 1.54) is 12.1 Å². The standard InChI is InChI=1S/C12H13FN2S/c13-11-3-1-9(2-4-11)10(8-14)7-12-15-5-6-16-12/h1-6,10H,7-8,14H2. The van der Waals surface area contributed by atoms with E-state index in [2.05, 4.69) is 4.98 Å². The van der Waals surface area contributed by atoms with Gasteiger partial charge in [0.1, 0.15) is 5.82 Å². The maximum atomic E-state index is 12.8.